The SMILES string of the molecule is CCOc1cc([C@@H]2C(C(=O)Nc3ccccc3OC)=C(C)Nc3ncnn32)ccc1OCc1ccc(Cl)c(Cl)c1. The van der Waals surface area contributed by atoms with Crippen molar-refractivity contribution in [3.63, 3.8) is 0 Å². The Morgan fingerprint density at radius 3 is 2.62 bits per heavy atom. The maximum absolute atomic E-state index is 13.7. The highest BCUT2D eigenvalue weighted by atomic mass is 35.5. The zero-order valence-corrected chi connectivity index (χ0v) is 23.6. The molecule has 206 valence electrons. The summed E-state index contributed by atoms with van der Waals surface area (Å²) >= 11 is 12.2. The number of ether oxygens (including phenoxy) is 3. The van der Waals surface area contributed by atoms with Crippen LogP contribution in [-0.4, -0.2) is 34.4 Å². The number of halogens is 2. The van der Waals surface area contributed by atoms with Gasteiger partial charge in [0.1, 0.15) is 24.7 Å². The number of fused-ring (bicyclic) bond motifs is 1. The first-order chi connectivity index (χ1) is 19.4. The van der Waals surface area contributed by atoms with Crippen LogP contribution in [0.4, 0.5) is 11.6 Å². The van der Waals surface area contributed by atoms with Gasteiger partial charge < -0.3 is 24.8 Å². The summed E-state index contributed by atoms with van der Waals surface area (Å²) in [5.41, 5.74) is 3.30. The molecule has 1 aliphatic heterocycles. The number of benzene rings is 3. The summed E-state index contributed by atoms with van der Waals surface area (Å²) in [7, 11) is 1.56. The zero-order valence-electron chi connectivity index (χ0n) is 22.1. The lowest BCUT2D eigenvalue weighted by Crippen LogP contribution is -2.31. The lowest BCUT2D eigenvalue weighted by atomic mass is 9.94. The first kappa shape index (κ1) is 27.4. The fraction of sp³-hybridized carbons (Fsp3) is 0.207. The van der Waals surface area contributed by atoms with Crippen LogP contribution in [0.3, 0.4) is 0 Å². The number of allylic oxidation sites excluding steroid dienone is 1. The average Bonchev–Trinajstić information content (AvgIpc) is 3.42. The number of hydrogen-bond acceptors (Lipinski definition) is 7. The minimum absolute atomic E-state index is 0.266. The smallest absolute Gasteiger partial charge is 0.255 e. The molecule has 0 radical (unpaired) electrons. The largest absolute Gasteiger partial charge is 0.495 e. The maximum atomic E-state index is 13.7. The summed E-state index contributed by atoms with van der Waals surface area (Å²) in [6.45, 7) is 4.41. The van der Waals surface area contributed by atoms with Crippen LogP contribution in [0.2, 0.25) is 10.0 Å². The molecule has 11 heteroatoms. The molecule has 3 aromatic carbocycles. The molecule has 0 aliphatic carbocycles. The highest BCUT2D eigenvalue weighted by Gasteiger charge is 2.34. The Morgan fingerprint density at radius 1 is 1.02 bits per heavy atom. The predicted molar refractivity (Wildman–Crippen MR) is 155 cm³/mol. The van der Waals surface area contributed by atoms with Crippen molar-refractivity contribution in [1.29, 1.82) is 0 Å². The van der Waals surface area contributed by atoms with Crippen molar-refractivity contribution in [3.8, 4) is 17.2 Å². The Labute approximate surface area is 241 Å². The van der Waals surface area contributed by atoms with E-state index in [-0.39, 0.29) is 12.5 Å². The van der Waals surface area contributed by atoms with E-state index in [0.717, 1.165) is 11.1 Å². The van der Waals surface area contributed by atoms with Gasteiger partial charge in [-0.1, -0.05) is 47.5 Å². The van der Waals surface area contributed by atoms with E-state index in [2.05, 4.69) is 20.7 Å². The predicted octanol–water partition coefficient (Wildman–Crippen LogP) is 6.50. The van der Waals surface area contributed by atoms with Gasteiger partial charge in [0.15, 0.2) is 11.5 Å². The van der Waals surface area contributed by atoms with Crippen molar-refractivity contribution >= 4 is 40.7 Å². The van der Waals surface area contributed by atoms with Gasteiger partial charge in [-0.05, 0) is 61.4 Å². The number of carbonyl (C=O) groups excluding carboxylic acids is 1. The number of methoxy groups -OCH3 is 1. The van der Waals surface area contributed by atoms with E-state index in [1.54, 1.807) is 36.1 Å². The molecule has 1 atom stereocenters. The highest BCUT2D eigenvalue weighted by Crippen LogP contribution is 2.39. The third-order valence-electron chi connectivity index (χ3n) is 6.36. The van der Waals surface area contributed by atoms with E-state index in [9.17, 15) is 4.79 Å². The van der Waals surface area contributed by atoms with Gasteiger partial charge in [-0.25, -0.2) is 4.68 Å². The number of nitrogens with one attached hydrogen (secondary N) is 2. The number of amides is 1. The molecule has 4 aromatic rings. The molecular formula is C29H27Cl2N5O4. The standard InChI is InChI=1S/C29H27Cl2N5O4/c1-4-39-25-14-19(10-12-24(25)40-15-18-9-11-20(30)21(31)13-18)27-26(17(2)34-29-32-16-33-36(27)29)28(37)35-22-7-5-6-8-23(22)38-3/h5-14,16,27H,4,15H2,1-3H3,(H,35,37)(H,32,33,34)/t27-/m1/s1. The van der Waals surface area contributed by atoms with Crippen LogP contribution in [0.15, 0.2) is 78.3 Å². The summed E-state index contributed by atoms with van der Waals surface area (Å²) in [5.74, 6) is 1.85. The molecular weight excluding hydrogens is 553 g/mol. The van der Waals surface area contributed by atoms with Crippen LogP contribution in [0, 0.1) is 0 Å². The van der Waals surface area contributed by atoms with E-state index in [0.29, 0.717) is 56.8 Å². The number of anilines is 2. The molecule has 1 aromatic heterocycles. The molecule has 9 nitrogen and oxygen atoms in total. The Balaban J connectivity index is 1.49. The van der Waals surface area contributed by atoms with Crippen molar-refractivity contribution in [2.75, 3.05) is 24.4 Å². The van der Waals surface area contributed by atoms with Crippen molar-refractivity contribution in [2.24, 2.45) is 0 Å². The summed E-state index contributed by atoms with van der Waals surface area (Å²) in [4.78, 5) is 18.1. The van der Waals surface area contributed by atoms with E-state index < -0.39 is 6.04 Å². The van der Waals surface area contributed by atoms with Crippen LogP contribution in [0.5, 0.6) is 17.2 Å². The number of carbonyl (C=O) groups is 1. The van der Waals surface area contributed by atoms with Crippen molar-refractivity contribution in [1.82, 2.24) is 14.8 Å². The van der Waals surface area contributed by atoms with E-state index in [4.69, 9.17) is 37.4 Å². The number of para-hydroxylation sites is 2. The molecule has 0 saturated heterocycles. The Morgan fingerprint density at radius 2 is 1.85 bits per heavy atom. The molecule has 40 heavy (non-hydrogen) atoms. The van der Waals surface area contributed by atoms with Crippen LogP contribution >= 0.6 is 23.2 Å². The van der Waals surface area contributed by atoms with Crippen molar-refractivity contribution in [2.45, 2.75) is 26.5 Å². The van der Waals surface area contributed by atoms with Crippen molar-refractivity contribution in [3.05, 3.63) is 99.4 Å². The monoisotopic (exact) mass is 579 g/mol. The number of aromatic nitrogens is 3. The third-order valence-corrected chi connectivity index (χ3v) is 7.09. The van der Waals surface area contributed by atoms with E-state index >= 15 is 0 Å². The summed E-state index contributed by atoms with van der Waals surface area (Å²) in [5, 5.41) is 11.5. The van der Waals surface area contributed by atoms with Gasteiger partial charge in [0.2, 0.25) is 5.95 Å². The maximum Gasteiger partial charge on any atom is 0.255 e. The molecule has 1 aliphatic rings. The fourth-order valence-electron chi connectivity index (χ4n) is 4.50. The van der Waals surface area contributed by atoms with Gasteiger partial charge in [-0.3, -0.25) is 4.79 Å². The molecule has 0 unspecified atom stereocenters. The van der Waals surface area contributed by atoms with Crippen LogP contribution in [0.1, 0.15) is 31.0 Å². The summed E-state index contributed by atoms with van der Waals surface area (Å²) in [6.07, 6.45) is 1.45. The van der Waals surface area contributed by atoms with Crippen LogP contribution in [0.25, 0.3) is 0 Å². The quantitative estimate of drug-likeness (QED) is 0.233. The molecule has 0 spiro atoms. The highest BCUT2D eigenvalue weighted by molar-refractivity contribution is 6.42. The second kappa shape index (κ2) is 11.9. The Kier molecular flexibility index (Phi) is 8.14. The molecule has 2 N–H and O–H groups in total. The third kappa shape index (κ3) is 5.57. The summed E-state index contributed by atoms with van der Waals surface area (Å²) in [6, 6.07) is 17.6. The van der Waals surface area contributed by atoms with Crippen LogP contribution < -0.4 is 24.8 Å². The van der Waals surface area contributed by atoms with Gasteiger partial charge >= 0.3 is 0 Å². The normalized spacial score (nSPS) is 14.3. The molecule has 0 bridgehead atoms. The lowest BCUT2D eigenvalue weighted by molar-refractivity contribution is -0.113. The first-order valence-corrected chi connectivity index (χ1v) is 13.3. The number of hydrogen-bond donors (Lipinski definition) is 2. The average molecular weight is 580 g/mol. The molecule has 0 fully saturated rings. The van der Waals surface area contributed by atoms with E-state index in [1.165, 1.54) is 6.33 Å². The van der Waals surface area contributed by atoms with Gasteiger partial charge in [0.05, 0.1) is 35.0 Å². The van der Waals surface area contributed by atoms with Gasteiger partial charge in [-0.15, -0.1) is 0 Å². The second-order valence-electron chi connectivity index (χ2n) is 8.93. The molecule has 0 saturated carbocycles. The fourth-order valence-corrected chi connectivity index (χ4v) is 4.82. The first-order valence-electron chi connectivity index (χ1n) is 12.5. The lowest BCUT2D eigenvalue weighted by Gasteiger charge is -2.29. The van der Waals surface area contributed by atoms with Gasteiger partial charge in [-0.2, -0.15) is 10.1 Å². The second-order valence-corrected chi connectivity index (χ2v) is 9.74. The van der Waals surface area contributed by atoms with Crippen LogP contribution in [-0.2, 0) is 11.4 Å². The molecule has 1 amide bonds. The van der Waals surface area contributed by atoms with E-state index in [1.807, 2.05) is 50.2 Å². The number of nitrogens with zero attached hydrogens (tertiary/aromatic N) is 3. The molecule has 5 rings (SSSR count). The zero-order chi connectivity index (χ0) is 28.2. The summed E-state index contributed by atoms with van der Waals surface area (Å²) < 4.78 is 19.1. The van der Waals surface area contributed by atoms with Gasteiger partial charge in [0, 0.05) is 5.70 Å². The minimum atomic E-state index is -0.586. The topological polar surface area (TPSA) is 99.5 Å². The van der Waals surface area contributed by atoms with Crippen molar-refractivity contribution < 1.29 is 19.0 Å². The Bertz CT molecular complexity index is 1590. The molecule has 2 heterocycles. The number of rotatable bonds is 9. The van der Waals surface area contributed by atoms with Gasteiger partial charge in [0.25, 0.3) is 5.91 Å². The minimum Gasteiger partial charge on any atom is -0.495 e. The Hall–Kier alpha value is -4.21.